The van der Waals surface area contributed by atoms with Gasteiger partial charge in [0, 0.05) is 16.6 Å². The number of benzene rings is 1. The Morgan fingerprint density at radius 2 is 1.75 bits per heavy atom. The minimum absolute atomic E-state index is 0.151. The number of nitrogens with zero attached hydrogens (tertiary/aromatic N) is 1. The van der Waals surface area contributed by atoms with E-state index in [9.17, 15) is 4.79 Å². The lowest BCUT2D eigenvalue weighted by Gasteiger charge is -2.39. The molecule has 1 amide bonds. The number of carbonyl (C=O) groups is 1. The highest BCUT2D eigenvalue weighted by Crippen LogP contribution is 2.39. The third-order valence-corrected chi connectivity index (χ3v) is 5.26. The SMILES string of the molecule is CC(C)(C)OC(=O)N1[C@@H]2CC[C@H]1C[C@@H](COc1ccc(Br)cc1)C2. The summed E-state index contributed by atoms with van der Waals surface area (Å²) in [5.74, 6) is 1.41. The molecule has 2 aliphatic rings. The summed E-state index contributed by atoms with van der Waals surface area (Å²) < 4.78 is 12.6. The second-order valence-electron chi connectivity index (χ2n) is 7.87. The first kappa shape index (κ1) is 17.6. The number of amides is 1. The highest BCUT2D eigenvalue weighted by Gasteiger charge is 2.44. The van der Waals surface area contributed by atoms with Gasteiger partial charge >= 0.3 is 6.09 Å². The zero-order chi connectivity index (χ0) is 17.3. The van der Waals surface area contributed by atoms with Crippen LogP contribution in [0.15, 0.2) is 28.7 Å². The molecule has 24 heavy (non-hydrogen) atoms. The molecule has 4 nitrogen and oxygen atoms in total. The Morgan fingerprint density at radius 3 is 2.29 bits per heavy atom. The smallest absolute Gasteiger partial charge is 0.410 e. The molecule has 1 aromatic carbocycles. The first-order valence-electron chi connectivity index (χ1n) is 8.71. The van der Waals surface area contributed by atoms with Crippen molar-refractivity contribution in [2.75, 3.05) is 6.61 Å². The minimum Gasteiger partial charge on any atom is -0.493 e. The number of fused-ring (bicyclic) bond motifs is 2. The number of hydrogen-bond acceptors (Lipinski definition) is 3. The van der Waals surface area contributed by atoms with Crippen LogP contribution in [-0.4, -0.2) is 35.3 Å². The number of halogens is 1. The van der Waals surface area contributed by atoms with Crippen molar-refractivity contribution in [3.05, 3.63) is 28.7 Å². The molecule has 0 radical (unpaired) electrons. The van der Waals surface area contributed by atoms with Crippen molar-refractivity contribution in [3.8, 4) is 5.75 Å². The number of carbonyl (C=O) groups excluding carboxylic acids is 1. The van der Waals surface area contributed by atoms with E-state index in [4.69, 9.17) is 9.47 Å². The van der Waals surface area contributed by atoms with Crippen LogP contribution in [0.25, 0.3) is 0 Å². The molecule has 0 saturated carbocycles. The van der Waals surface area contributed by atoms with Crippen molar-refractivity contribution in [1.82, 2.24) is 4.90 Å². The first-order valence-corrected chi connectivity index (χ1v) is 9.51. The fourth-order valence-electron chi connectivity index (χ4n) is 3.78. The third-order valence-electron chi connectivity index (χ3n) is 4.73. The molecule has 132 valence electrons. The third kappa shape index (κ3) is 4.24. The van der Waals surface area contributed by atoms with E-state index < -0.39 is 5.60 Å². The van der Waals surface area contributed by atoms with Gasteiger partial charge in [0.05, 0.1) is 6.61 Å². The number of ether oxygens (including phenoxy) is 2. The number of piperidine rings is 1. The van der Waals surface area contributed by atoms with Crippen LogP contribution in [0.2, 0.25) is 0 Å². The van der Waals surface area contributed by atoms with Gasteiger partial charge < -0.3 is 14.4 Å². The minimum atomic E-state index is -0.432. The van der Waals surface area contributed by atoms with Gasteiger partial charge in [-0.15, -0.1) is 0 Å². The predicted octanol–water partition coefficient (Wildman–Crippen LogP) is 5.01. The molecule has 2 heterocycles. The topological polar surface area (TPSA) is 38.8 Å². The maximum Gasteiger partial charge on any atom is 0.410 e. The van der Waals surface area contributed by atoms with E-state index in [1.165, 1.54) is 0 Å². The van der Waals surface area contributed by atoms with Crippen LogP contribution in [0, 0.1) is 5.92 Å². The second kappa shape index (κ2) is 6.95. The largest absolute Gasteiger partial charge is 0.493 e. The van der Waals surface area contributed by atoms with Gasteiger partial charge in [0.2, 0.25) is 0 Å². The van der Waals surface area contributed by atoms with Crippen molar-refractivity contribution in [1.29, 1.82) is 0 Å². The lowest BCUT2D eigenvalue weighted by molar-refractivity contribution is -0.000961. The van der Waals surface area contributed by atoms with Crippen molar-refractivity contribution in [3.63, 3.8) is 0 Å². The van der Waals surface area contributed by atoms with Gasteiger partial charge in [-0.3, -0.25) is 0 Å². The zero-order valence-corrected chi connectivity index (χ0v) is 16.2. The molecule has 0 aliphatic carbocycles. The maximum atomic E-state index is 12.5. The molecule has 3 atom stereocenters. The van der Waals surface area contributed by atoms with E-state index in [1.54, 1.807) is 0 Å². The molecule has 1 aromatic rings. The zero-order valence-electron chi connectivity index (χ0n) is 14.6. The van der Waals surface area contributed by atoms with Crippen molar-refractivity contribution < 1.29 is 14.3 Å². The molecule has 2 fully saturated rings. The van der Waals surface area contributed by atoms with Crippen LogP contribution in [0.3, 0.4) is 0 Å². The summed E-state index contributed by atoms with van der Waals surface area (Å²) in [5.41, 5.74) is -0.432. The maximum absolute atomic E-state index is 12.5. The second-order valence-corrected chi connectivity index (χ2v) is 8.79. The molecule has 0 aromatic heterocycles. The summed E-state index contributed by atoms with van der Waals surface area (Å²) in [7, 11) is 0. The van der Waals surface area contributed by atoms with Crippen LogP contribution in [0.1, 0.15) is 46.5 Å². The Balaban J connectivity index is 1.55. The van der Waals surface area contributed by atoms with Crippen LogP contribution in [0.4, 0.5) is 4.79 Å². The standard InChI is InChI=1S/C19H26BrNO3/c1-19(2,3)24-18(22)21-15-6-7-16(21)11-13(10-15)12-23-17-8-4-14(20)5-9-17/h4-5,8-9,13,15-16H,6-7,10-12H2,1-3H3/t13-,15+,16-. The van der Waals surface area contributed by atoms with Gasteiger partial charge in [-0.1, -0.05) is 15.9 Å². The molecule has 2 aliphatic heterocycles. The molecule has 2 bridgehead atoms. The number of hydrogen-bond donors (Lipinski definition) is 0. The summed E-state index contributed by atoms with van der Waals surface area (Å²) in [5, 5.41) is 0. The molecular formula is C19H26BrNO3. The van der Waals surface area contributed by atoms with Gasteiger partial charge in [-0.2, -0.15) is 0 Å². The fourth-order valence-corrected chi connectivity index (χ4v) is 4.05. The van der Waals surface area contributed by atoms with Crippen LogP contribution < -0.4 is 4.74 Å². The highest BCUT2D eigenvalue weighted by molar-refractivity contribution is 9.10. The van der Waals surface area contributed by atoms with Crippen LogP contribution >= 0.6 is 15.9 Å². The molecule has 0 unspecified atom stereocenters. The Kier molecular flexibility index (Phi) is 5.09. The molecular weight excluding hydrogens is 370 g/mol. The number of rotatable bonds is 3. The van der Waals surface area contributed by atoms with E-state index in [1.807, 2.05) is 49.9 Å². The van der Waals surface area contributed by atoms with E-state index in [-0.39, 0.29) is 6.09 Å². The Morgan fingerprint density at radius 1 is 1.17 bits per heavy atom. The summed E-state index contributed by atoms with van der Waals surface area (Å²) in [6.07, 6.45) is 4.03. The van der Waals surface area contributed by atoms with E-state index in [2.05, 4.69) is 15.9 Å². The summed E-state index contributed by atoms with van der Waals surface area (Å²) in [4.78, 5) is 14.4. The van der Waals surface area contributed by atoms with Crippen molar-refractivity contribution in [2.24, 2.45) is 5.92 Å². The monoisotopic (exact) mass is 395 g/mol. The lowest BCUT2D eigenvalue weighted by atomic mass is 9.91. The molecule has 5 heteroatoms. The van der Waals surface area contributed by atoms with Gasteiger partial charge in [0.1, 0.15) is 11.4 Å². The molecule has 0 spiro atoms. The fraction of sp³-hybridized carbons (Fsp3) is 0.632. The van der Waals surface area contributed by atoms with Crippen molar-refractivity contribution in [2.45, 2.75) is 64.1 Å². The van der Waals surface area contributed by atoms with E-state index >= 15 is 0 Å². The highest BCUT2D eigenvalue weighted by atomic mass is 79.9. The summed E-state index contributed by atoms with van der Waals surface area (Å²) >= 11 is 3.43. The van der Waals surface area contributed by atoms with Crippen LogP contribution in [-0.2, 0) is 4.74 Å². The average molecular weight is 396 g/mol. The molecule has 0 N–H and O–H groups in total. The van der Waals surface area contributed by atoms with E-state index in [0.29, 0.717) is 18.0 Å². The quantitative estimate of drug-likeness (QED) is 0.721. The molecule has 2 saturated heterocycles. The predicted molar refractivity (Wildman–Crippen MR) is 97.2 cm³/mol. The summed E-state index contributed by atoms with van der Waals surface area (Å²) in [6.45, 7) is 6.49. The van der Waals surface area contributed by atoms with E-state index in [0.717, 1.165) is 42.5 Å². The van der Waals surface area contributed by atoms with Gasteiger partial charge in [-0.25, -0.2) is 4.79 Å². The Labute approximate surface area is 152 Å². The van der Waals surface area contributed by atoms with Gasteiger partial charge in [-0.05, 0) is 76.6 Å². The molecule has 3 rings (SSSR count). The average Bonchev–Trinajstić information content (AvgIpc) is 2.76. The Hall–Kier alpha value is -1.23. The van der Waals surface area contributed by atoms with Crippen LogP contribution in [0.5, 0.6) is 5.75 Å². The summed E-state index contributed by atoms with van der Waals surface area (Å²) in [6, 6.07) is 8.55. The lowest BCUT2D eigenvalue weighted by Crippen LogP contribution is -2.49. The van der Waals surface area contributed by atoms with Gasteiger partial charge in [0.15, 0.2) is 0 Å². The first-order chi connectivity index (χ1) is 11.3. The van der Waals surface area contributed by atoms with Gasteiger partial charge in [0.25, 0.3) is 0 Å². The van der Waals surface area contributed by atoms with Crippen molar-refractivity contribution >= 4 is 22.0 Å². The Bertz CT molecular complexity index is 567. The normalized spacial score (nSPS) is 26.3.